The van der Waals surface area contributed by atoms with Crippen LogP contribution in [0.4, 0.5) is 0 Å². The number of carbonyl (C=O) groups excluding carboxylic acids is 1. The summed E-state index contributed by atoms with van der Waals surface area (Å²) in [6, 6.07) is 0.394. The quantitative estimate of drug-likeness (QED) is 0.720. The maximum absolute atomic E-state index is 12.2. The van der Waals surface area contributed by atoms with Crippen LogP contribution in [-0.2, 0) is 4.79 Å². The second kappa shape index (κ2) is 9.04. The Morgan fingerprint density at radius 1 is 1.33 bits per heavy atom. The van der Waals surface area contributed by atoms with Crippen LogP contribution >= 0.6 is 11.8 Å². The molecule has 3 atom stereocenters. The van der Waals surface area contributed by atoms with Gasteiger partial charge in [-0.1, -0.05) is 34.1 Å². The fourth-order valence-corrected chi connectivity index (χ4v) is 4.50. The van der Waals surface area contributed by atoms with Crippen molar-refractivity contribution in [2.24, 2.45) is 17.1 Å². The van der Waals surface area contributed by atoms with Gasteiger partial charge in [0.25, 0.3) is 0 Å². The molecule has 0 aromatic rings. The number of amides is 1. The molecule has 0 saturated heterocycles. The first-order valence-electron chi connectivity index (χ1n) is 8.49. The van der Waals surface area contributed by atoms with E-state index in [-0.39, 0.29) is 11.3 Å². The van der Waals surface area contributed by atoms with Crippen molar-refractivity contribution in [3.63, 3.8) is 0 Å². The summed E-state index contributed by atoms with van der Waals surface area (Å²) in [7, 11) is 0. The summed E-state index contributed by atoms with van der Waals surface area (Å²) in [4.78, 5) is 12.2. The number of nitrogens with one attached hydrogen (secondary N) is 1. The third-order valence-corrected chi connectivity index (χ3v) is 5.97. The van der Waals surface area contributed by atoms with E-state index in [4.69, 9.17) is 5.73 Å². The molecule has 1 amide bonds. The van der Waals surface area contributed by atoms with E-state index in [9.17, 15) is 4.79 Å². The van der Waals surface area contributed by atoms with E-state index in [0.717, 1.165) is 25.0 Å². The van der Waals surface area contributed by atoms with Crippen LogP contribution in [0.25, 0.3) is 0 Å². The minimum atomic E-state index is 0.230. The van der Waals surface area contributed by atoms with Crippen molar-refractivity contribution < 1.29 is 4.79 Å². The van der Waals surface area contributed by atoms with Gasteiger partial charge in [0.2, 0.25) is 5.91 Å². The van der Waals surface area contributed by atoms with Gasteiger partial charge in [0.05, 0.1) is 0 Å². The Hall–Kier alpha value is -0.220. The SMILES string of the molecule is CCSC1CCCC1NC(=O)CCC(CCN)C(C)(C)C. The summed E-state index contributed by atoms with van der Waals surface area (Å²) in [6.45, 7) is 9.65. The van der Waals surface area contributed by atoms with Crippen molar-refractivity contribution in [2.45, 2.75) is 77.5 Å². The minimum absolute atomic E-state index is 0.230. The largest absolute Gasteiger partial charge is 0.352 e. The zero-order valence-electron chi connectivity index (χ0n) is 14.3. The Kier molecular flexibility index (Phi) is 8.10. The Morgan fingerprint density at radius 2 is 2.05 bits per heavy atom. The molecule has 3 N–H and O–H groups in total. The highest BCUT2D eigenvalue weighted by atomic mass is 32.2. The monoisotopic (exact) mass is 314 g/mol. The molecular weight excluding hydrogens is 280 g/mol. The molecule has 1 rings (SSSR count). The Balaban J connectivity index is 2.39. The fraction of sp³-hybridized carbons (Fsp3) is 0.941. The van der Waals surface area contributed by atoms with Crippen LogP contribution in [-0.4, -0.2) is 29.5 Å². The Morgan fingerprint density at radius 3 is 2.62 bits per heavy atom. The first-order chi connectivity index (χ1) is 9.88. The smallest absolute Gasteiger partial charge is 0.220 e. The molecule has 1 saturated carbocycles. The lowest BCUT2D eigenvalue weighted by molar-refractivity contribution is -0.122. The second-order valence-corrected chi connectivity index (χ2v) is 8.79. The number of nitrogens with two attached hydrogens (primary N) is 1. The van der Waals surface area contributed by atoms with E-state index in [1.807, 2.05) is 11.8 Å². The molecule has 3 nitrogen and oxygen atoms in total. The summed E-state index contributed by atoms with van der Waals surface area (Å²) in [5, 5.41) is 3.90. The van der Waals surface area contributed by atoms with E-state index in [1.165, 1.54) is 12.8 Å². The third-order valence-electron chi connectivity index (χ3n) is 4.64. The first kappa shape index (κ1) is 18.8. The van der Waals surface area contributed by atoms with Crippen molar-refractivity contribution in [1.82, 2.24) is 5.32 Å². The van der Waals surface area contributed by atoms with Crippen molar-refractivity contribution in [3.05, 3.63) is 0 Å². The number of thioether (sulfide) groups is 1. The Labute approximate surface area is 135 Å². The topological polar surface area (TPSA) is 55.1 Å². The molecule has 0 aliphatic heterocycles. The van der Waals surface area contributed by atoms with E-state index in [0.29, 0.717) is 30.2 Å². The minimum Gasteiger partial charge on any atom is -0.352 e. The molecule has 0 aromatic carbocycles. The lowest BCUT2D eigenvalue weighted by atomic mass is 9.76. The molecule has 0 heterocycles. The fourth-order valence-electron chi connectivity index (χ4n) is 3.30. The summed E-state index contributed by atoms with van der Waals surface area (Å²) in [6.07, 6.45) is 6.25. The van der Waals surface area contributed by atoms with Gasteiger partial charge >= 0.3 is 0 Å². The van der Waals surface area contributed by atoms with Gasteiger partial charge in [0.1, 0.15) is 0 Å². The van der Waals surface area contributed by atoms with E-state index < -0.39 is 0 Å². The third kappa shape index (κ3) is 6.60. The zero-order chi connectivity index (χ0) is 15.9. The van der Waals surface area contributed by atoms with E-state index >= 15 is 0 Å². The molecule has 0 spiro atoms. The molecule has 3 unspecified atom stereocenters. The number of hydrogen-bond acceptors (Lipinski definition) is 3. The van der Waals surface area contributed by atoms with Crippen molar-refractivity contribution in [2.75, 3.05) is 12.3 Å². The zero-order valence-corrected chi connectivity index (χ0v) is 15.1. The van der Waals surface area contributed by atoms with Gasteiger partial charge in [-0.15, -0.1) is 0 Å². The molecule has 0 bridgehead atoms. The number of rotatable bonds is 8. The van der Waals surface area contributed by atoms with Crippen molar-refractivity contribution in [3.8, 4) is 0 Å². The molecule has 21 heavy (non-hydrogen) atoms. The van der Waals surface area contributed by atoms with Crippen LogP contribution in [0.1, 0.15) is 66.2 Å². The average molecular weight is 315 g/mol. The van der Waals surface area contributed by atoms with Gasteiger partial charge in [-0.05, 0) is 49.3 Å². The van der Waals surface area contributed by atoms with Crippen molar-refractivity contribution in [1.29, 1.82) is 0 Å². The van der Waals surface area contributed by atoms with Gasteiger partial charge in [-0.2, -0.15) is 11.8 Å². The van der Waals surface area contributed by atoms with Crippen LogP contribution in [0.15, 0.2) is 0 Å². The summed E-state index contributed by atoms with van der Waals surface area (Å²) >= 11 is 1.99. The van der Waals surface area contributed by atoms with Crippen LogP contribution in [0.2, 0.25) is 0 Å². The molecule has 0 aromatic heterocycles. The highest BCUT2D eigenvalue weighted by molar-refractivity contribution is 7.99. The van der Waals surface area contributed by atoms with Gasteiger partial charge in [-0.25, -0.2) is 0 Å². The lowest BCUT2D eigenvalue weighted by Crippen LogP contribution is -2.39. The molecular formula is C17H34N2OS. The van der Waals surface area contributed by atoms with Gasteiger partial charge in [0.15, 0.2) is 0 Å². The maximum Gasteiger partial charge on any atom is 0.220 e. The summed E-state index contributed by atoms with van der Waals surface area (Å²) in [5.41, 5.74) is 5.94. The lowest BCUT2D eigenvalue weighted by Gasteiger charge is -2.30. The van der Waals surface area contributed by atoms with Crippen LogP contribution in [0.5, 0.6) is 0 Å². The normalized spacial score (nSPS) is 24.0. The predicted molar refractivity (Wildman–Crippen MR) is 93.6 cm³/mol. The highest BCUT2D eigenvalue weighted by Gasteiger charge is 2.29. The first-order valence-corrected chi connectivity index (χ1v) is 9.54. The van der Waals surface area contributed by atoms with Gasteiger partial charge in [0, 0.05) is 17.7 Å². The molecule has 1 fully saturated rings. The predicted octanol–water partition coefficient (Wildman–Crippen LogP) is 3.57. The molecule has 4 heteroatoms. The standard InChI is InChI=1S/C17H34N2OS/c1-5-21-15-8-6-7-14(15)19-16(20)10-9-13(11-12-18)17(2,3)4/h13-15H,5-12,18H2,1-4H3,(H,19,20). The summed E-state index contributed by atoms with van der Waals surface area (Å²) in [5.74, 6) is 1.90. The Bertz CT molecular complexity index is 314. The molecule has 1 aliphatic rings. The van der Waals surface area contributed by atoms with Gasteiger partial charge in [-0.3, -0.25) is 4.79 Å². The maximum atomic E-state index is 12.2. The average Bonchev–Trinajstić information content (AvgIpc) is 2.81. The highest BCUT2D eigenvalue weighted by Crippen LogP contribution is 2.33. The number of carbonyl (C=O) groups is 1. The van der Waals surface area contributed by atoms with E-state index in [2.05, 4.69) is 33.0 Å². The van der Waals surface area contributed by atoms with Crippen LogP contribution in [0.3, 0.4) is 0 Å². The van der Waals surface area contributed by atoms with Crippen LogP contribution < -0.4 is 11.1 Å². The van der Waals surface area contributed by atoms with E-state index in [1.54, 1.807) is 0 Å². The van der Waals surface area contributed by atoms with Gasteiger partial charge < -0.3 is 11.1 Å². The summed E-state index contributed by atoms with van der Waals surface area (Å²) < 4.78 is 0. The molecule has 0 radical (unpaired) electrons. The molecule has 124 valence electrons. The van der Waals surface area contributed by atoms with Crippen molar-refractivity contribution >= 4 is 17.7 Å². The second-order valence-electron chi connectivity index (χ2n) is 7.28. The number of hydrogen-bond donors (Lipinski definition) is 2. The molecule has 1 aliphatic carbocycles. The van der Waals surface area contributed by atoms with Crippen LogP contribution in [0, 0.1) is 11.3 Å².